The Hall–Kier alpha value is -1.96. The van der Waals surface area contributed by atoms with Crippen LogP contribution in [0.4, 0.5) is 0 Å². The van der Waals surface area contributed by atoms with E-state index in [1.807, 2.05) is 15.9 Å². The molecule has 0 bridgehead atoms. The Morgan fingerprint density at radius 3 is 2.42 bits per heavy atom. The molecule has 6 nitrogen and oxygen atoms in total. The van der Waals surface area contributed by atoms with Crippen LogP contribution in [0.1, 0.15) is 12.0 Å². The Morgan fingerprint density at radius 2 is 1.88 bits per heavy atom. The van der Waals surface area contributed by atoms with Crippen molar-refractivity contribution in [1.29, 1.82) is 5.26 Å². The molecule has 24 heavy (non-hydrogen) atoms. The van der Waals surface area contributed by atoms with Gasteiger partial charge in [0.05, 0.1) is 12.6 Å². The van der Waals surface area contributed by atoms with Gasteiger partial charge in [-0.25, -0.2) is 10.1 Å². The number of nitriles is 1. The second-order valence-corrected chi connectivity index (χ2v) is 6.22. The number of allylic oxidation sites excluding steroid dienone is 1. The largest absolute Gasteiger partial charge is 0.368 e. The van der Waals surface area contributed by atoms with Gasteiger partial charge in [-0.1, -0.05) is 23.2 Å². The second kappa shape index (κ2) is 8.23. The fourth-order valence-corrected chi connectivity index (χ4v) is 3.21. The standard InChI is InChI=1S/C16H16Cl2N4O2/c1-20-14(9-19)16-21(3-2-15(23)24)4-5-22(16)10-11-6-12(17)8-13(18)7-11/h6-8,15,23-24H,2-5,10H2/b16-14+. The molecule has 1 heterocycles. The van der Waals surface area contributed by atoms with Gasteiger partial charge < -0.3 is 20.0 Å². The van der Waals surface area contributed by atoms with Crippen molar-refractivity contribution in [3.8, 4) is 6.07 Å². The molecule has 0 spiro atoms. The van der Waals surface area contributed by atoms with Crippen LogP contribution in [0.5, 0.6) is 0 Å². The Bertz CT molecular complexity index is 686. The van der Waals surface area contributed by atoms with E-state index in [9.17, 15) is 5.26 Å². The summed E-state index contributed by atoms with van der Waals surface area (Å²) < 4.78 is 0. The van der Waals surface area contributed by atoms with Gasteiger partial charge in [0.25, 0.3) is 0 Å². The number of aliphatic hydroxyl groups excluding tert-OH is 1. The molecule has 1 fully saturated rings. The normalized spacial score (nSPS) is 16.3. The van der Waals surface area contributed by atoms with Crippen LogP contribution in [0.3, 0.4) is 0 Å². The second-order valence-electron chi connectivity index (χ2n) is 5.35. The average Bonchev–Trinajstić information content (AvgIpc) is 2.88. The molecule has 2 N–H and O–H groups in total. The smallest absolute Gasteiger partial charge is 0.300 e. The summed E-state index contributed by atoms with van der Waals surface area (Å²) in [7, 11) is 0. The zero-order valence-electron chi connectivity index (χ0n) is 12.8. The number of nitrogens with zero attached hydrogens (tertiary/aromatic N) is 4. The van der Waals surface area contributed by atoms with Gasteiger partial charge in [-0.3, -0.25) is 0 Å². The predicted molar refractivity (Wildman–Crippen MR) is 90.5 cm³/mol. The minimum absolute atomic E-state index is 0.0203. The van der Waals surface area contributed by atoms with Gasteiger partial charge in [0.15, 0.2) is 6.29 Å². The zero-order chi connectivity index (χ0) is 17.7. The van der Waals surface area contributed by atoms with Crippen LogP contribution in [0.2, 0.25) is 10.0 Å². The summed E-state index contributed by atoms with van der Waals surface area (Å²) in [4.78, 5) is 7.03. The van der Waals surface area contributed by atoms with Crippen LogP contribution in [-0.4, -0.2) is 45.9 Å². The number of hydrogen-bond acceptors (Lipinski definition) is 5. The van der Waals surface area contributed by atoms with Crippen LogP contribution in [0.25, 0.3) is 4.85 Å². The van der Waals surface area contributed by atoms with Crippen molar-refractivity contribution >= 4 is 23.2 Å². The summed E-state index contributed by atoms with van der Waals surface area (Å²) in [6, 6.07) is 7.13. The van der Waals surface area contributed by atoms with Gasteiger partial charge in [0.2, 0.25) is 0 Å². The van der Waals surface area contributed by atoms with Crippen LogP contribution in [0.15, 0.2) is 29.7 Å². The lowest BCUT2D eigenvalue weighted by Gasteiger charge is -2.26. The summed E-state index contributed by atoms with van der Waals surface area (Å²) in [5.74, 6) is 0.504. The lowest BCUT2D eigenvalue weighted by Crippen LogP contribution is -2.27. The highest BCUT2D eigenvalue weighted by Crippen LogP contribution is 2.27. The molecule has 0 aliphatic carbocycles. The molecule has 0 unspecified atom stereocenters. The number of rotatable bonds is 5. The number of hydrogen-bond donors (Lipinski definition) is 2. The molecule has 0 atom stereocenters. The number of halogens is 2. The first kappa shape index (κ1) is 18.4. The summed E-state index contributed by atoms with van der Waals surface area (Å²) in [6.45, 7) is 9.23. The van der Waals surface area contributed by atoms with E-state index < -0.39 is 6.29 Å². The third-order valence-electron chi connectivity index (χ3n) is 3.62. The molecule has 1 aromatic rings. The maximum absolute atomic E-state index is 9.24. The van der Waals surface area contributed by atoms with E-state index in [2.05, 4.69) is 4.85 Å². The Balaban J connectivity index is 2.27. The molecule has 0 amide bonds. The van der Waals surface area contributed by atoms with Crippen molar-refractivity contribution in [2.75, 3.05) is 19.6 Å². The quantitative estimate of drug-likeness (QED) is 0.475. The van der Waals surface area contributed by atoms with Crippen molar-refractivity contribution in [2.24, 2.45) is 0 Å². The maximum Gasteiger partial charge on any atom is 0.300 e. The molecule has 0 aromatic heterocycles. The molecule has 1 aliphatic heterocycles. The molecule has 2 rings (SSSR count). The van der Waals surface area contributed by atoms with Crippen LogP contribution in [-0.2, 0) is 6.54 Å². The highest BCUT2D eigenvalue weighted by atomic mass is 35.5. The fourth-order valence-electron chi connectivity index (χ4n) is 2.64. The Morgan fingerprint density at radius 1 is 1.25 bits per heavy atom. The molecule has 1 aliphatic rings. The molecule has 126 valence electrons. The Labute approximate surface area is 150 Å². The topological polar surface area (TPSA) is 75.1 Å². The summed E-state index contributed by atoms with van der Waals surface area (Å²) in [5.41, 5.74) is 0.851. The van der Waals surface area contributed by atoms with E-state index in [0.717, 1.165) is 5.56 Å². The summed E-state index contributed by atoms with van der Waals surface area (Å²) >= 11 is 12.0. The first-order chi connectivity index (χ1) is 11.4. The molecule has 1 saturated heterocycles. The van der Waals surface area contributed by atoms with Gasteiger partial charge in [-0.2, -0.15) is 0 Å². The van der Waals surface area contributed by atoms with Crippen LogP contribution in [0, 0.1) is 17.9 Å². The van der Waals surface area contributed by atoms with E-state index in [0.29, 0.717) is 42.0 Å². The molecular formula is C16H16Cl2N4O2. The SMILES string of the molecule is [C-]#[N+]/C(C#N)=C1\N(CCC(O)O)CCN1Cc1cc(Cl)cc(Cl)c1. The first-order valence-corrected chi connectivity index (χ1v) is 8.03. The van der Waals surface area contributed by atoms with Gasteiger partial charge in [-0.15, -0.1) is 0 Å². The molecular weight excluding hydrogens is 351 g/mol. The highest BCUT2D eigenvalue weighted by molar-refractivity contribution is 6.34. The maximum atomic E-state index is 9.24. The third kappa shape index (κ3) is 4.53. The van der Waals surface area contributed by atoms with Crippen LogP contribution < -0.4 is 0 Å². The van der Waals surface area contributed by atoms with Gasteiger partial charge in [0.1, 0.15) is 5.82 Å². The van der Waals surface area contributed by atoms with Gasteiger partial charge in [0, 0.05) is 42.6 Å². The predicted octanol–water partition coefficient (Wildman–Crippen LogP) is 2.42. The molecule has 0 saturated carbocycles. The summed E-state index contributed by atoms with van der Waals surface area (Å²) in [5, 5.41) is 28.4. The average molecular weight is 367 g/mol. The highest BCUT2D eigenvalue weighted by Gasteiger charge is 2.28. The van der Waals surface area contributed by atoms with E-state index in [1.165, 1.54) is 0 Å². The van der Waals surface area contributed by atoms with Gasteiger partial charge >= 0.3 is 5.70 Å². The minimum Gasteiger partial charge on any atom is -0.368 e. The van der Waals surface area contributed by atoms with Crippen molar-refractivity contribution in [1.82, 2.24) is 9.80 Å². The molecule has 1 aromatic carbocycles. The van der Waals surface area contributed by atoms with Crippen molar-refractivity contribution in [3.63, 3.8) is 0 Å². The van der Waals surface area contributed by atoms with Gasteiger partial charge in [-0.05, 0) is 23.8 Å². The lowest BCUT2D eigenvalue weighted by atomic mass is 10.2. The fraction of sp³-hybridized carbons (Fsp3) is 0.375. The van der Waals surface area contributed by atoms with E-state index in [-0.39, 0.29) is 12.1 Å². The van der Waals surface area contributed by atoms with E-state index >= 15 is 0 Å². The molecule has 0 radical (unpaired) electrons. The number of aliphatic hydroxyl groups is 2. The van der Waals surface area contributed by atoms with E-state index in [4.69, 9.17) is 40.0 Å². The lowest BCUT2D eigenvalue weighted by molar-refractivity contribution is -0.0485. The van der Waals surface area contributed by atoms with E-state index in [1.54, 1.807) is 18.2 Å². The third-order valence-corrected chi connectivity index (χ3v) is 4.06. The minimum atomic E-state index is -1.43. The Kier molecular flexibility index (Phi) is 6.30. The zero-order valence-corrected chi connectivity index (χ0v) is 14.3. The molecule has 8 heteroatoms. The van der Waals surface area contributed by atoms with Crippen molar-refractivity contribution < 1.29 is 10.2 Å². The van der Waals surface area contributed by atoms with Crippen molar-refractivity contribution in [3.05, 3.63) is 56.7 Å². The number of benzene rings is 1. The van der Waals surface area contributed by atoms with Crippen LogP contribution >= 0.6 is 23.2 Å². The van der Waals surface area contributed by atoms with Crippen molar-refractivity contribution in [2.45, 2.75) is 19.3 Å². The summed E-state index contributed by atoms with van der Waals surface area (Å²) in [6.07, 6.45) is -1.29. The first-order valence-electron chi connectivity index (χ1n) is 7.27. The monoisotopic (exact) mass is 366 g/mol.